The second-order valence-corrected chi connectivity index (χ2v) is 9.66. The number of anilines is 1. The van der Waals surface area contributed by atoms with Crippen LogP contribution in [0.25, 0.3) is 5.70 Å². The van der Waals surface area contributed by atoms with Gasteiger partial charge < -0.3 is 9.47 Å². The summed E-state index contributed by atoms with van der Waals surface area (Å²) in [6.07, 6.45) is 8.70. The van der Waals surface area contributed by atoms with Crippen molar-refractivity contribution in [3.8, 4) is 0 Å². The van der Waals surface area contributed by atoms with E-state index in [-0.39, 0.29) is 5.12 Å². The van der Waals surface area contributed by atoms with E-state index in [1.807, 2.05) is 32.9 Å². The summed E-state index contributed by atoms with van der Waals surface area (Å²) in [7, 11) is 3.38. The molecule has 3 heterocycles. The van der Waals surface area contributed by atoms with Crippen LogP contribution in [0.15, 0.2) is 52.2 Å². The summed E-state index contributed by atoms with van der Waals surface area (Å²) in [5, 5.41) is 0.909. The van der Waals surface area contributed by atoms with Gasteiger partial charge in [-0.3, -0.25) is 14.3 Å². The van der Waals surface area contributed by atoms with E-state index in [1.54, 1.807) is 20.4 Å². The van der Waals surface area contributed by atoms with Crippen molar-refractivity contribution in [3.05, 3.63) is 47.2 Å². The molecule has 2 aliphatic heterocycles. The highest BCUT2D eigenvalue weighted by Gasteiger charge is 2.54. The predicted molar refractivity (Wildman–Crippen MR) is 115 cm³/mol. The van der Waals surface area contributed by atoms with E-state index in [2.05, 4.69) is 29.4 Å². The zero-order valence-corrected chi connectivity index (χ0v) is 18.8. The van der Waals surface area contributed by atoms with Crippen LogP contribution in [0.2, 0.25) is 0 Å². The Labute approximate surface area is 175 Å². The number of rotatable bonds is 3. The third kappa shape index (κ3) is 2.70. The fourth-order valence-electron chi connectivity index (χ4n) is 4.42. The van der Waals surface area contributed by atoms with Gasteiger partial charge in [-0.2, -0.15) is 0 Å². The third-order valence-electron chi connectivity index (χ3n) is 5.62. The van der Waals surface area contributed by atoms with Gasteiger partial charge in [0.15, 0.2) is 11.0 Å². The van der Waals surface area contributed by atoms with Crippen LogP contribution in [0.1, 0.15) is 41.0 Å². The van der Waals surface area contributed by atoms with Gasteiger partial charge in [0.05, 0.1) is 26.1 Å². The average Bonchev–Trinajstić information content (AvgIpc) is 3.16. The van der Waals surface area contributed by atoms with Crippen LogP contribution in [-0.2, 0) is 14.3 Å². The summed E-state index contributed by atoms with van der Waals surface area (Å²) in [4.78, 5) is 19.6. The zero-order chi connectivity index (χ0) is 21.1. The van der Waals surface area contributed by atoms with Crippen LogP contribution in [-0.4, -0.2) is 34.4 Å². The first-order valence-corrected chi connectivity index (χ1v) is 10.5. The van der Waals surface area contributed by atoms with Crippen LogP contribution in [0.3, 0.4) is 0 Å². The van der Waals surface area contributed by atoms with E-state index in [0.29, 0.717) is 0 Å². The highest BCUT2D eigenvalue weighted by Crippen LogP contribution is 2.55. The number of aromatic nitrogens is 2. The summed E-state index contributed by atoms with van der Waals surface area (Å²) in [5.41, 5.74) is 2.40. The SMILES string of the molecule is COC1=CC=CC23CC(C)=C(OC)C(C)=C2n2c(SC(=O)C(C)(C)C)cnc2N13. The largest absolute Gasteiger partial charge is 0.496 e. The standard InChI is InChI=1S/C22H27N3O3S/c1-13-11-22-10-8-9-15(27-6)25(22)20-23-12-16(29-19(26)21(3,4)5)24(20)18(22)14(2)17(13)28-7/h8-10,12H,11H2,1-7H3. The Morgan fingerprint density at radius 2 is 1.97 bits per heavy atom. The average molecular weight is 414 g/mol. The molecule has 1 spiro atoms. The molecule has 1 aromatic heterocycles. The molecular weight excluding hydrogens is 386 g/mol. The molecule has 0 amide bonds. The number of methoxy groups -OCH3 is 2. The van der Waals surface area contributed by atoms with Crippen LogP contribution >= 0.6 is 11.8 Å². The van der Waals surface area contributed by atoms with Crippen LogP contribution in [0, 0.1) is 5.41 Å². The van der Waals surface area contributed by atoms with Gasteiger partial charge in [-0.1, -0.05) is 32.9 Å². The lowest BCUT2D eigenvalue weighted by atomic mass is 9.78. The van der Waals surface area contributed by atoms with E-state index < -0.39 is 11.0 Å². The Morgan fingerprint density at radius 1 is 1.24 bits per heavy atom. The topological polar surface area (TPSA) is 56.6 Å². The van der Waals surface area contributed by atoms with E-state index >= 15 is 0 Å². The molecule has 3 aliphatic rings. The van der Waals surface area contributed by atoms with Crippen molar-refractivity contribution in [2.75, 3.05) is 19.1 Å². The number of allylic oxidation sites excluding steroid dienone is 3. The summed E-state index contributed by atoms with van der Waals surface area (Å²) in [6.45, 7) is 9.98. The van der Waals surface area contributed by atoms with Crippen molar-refractivity contribution in [1.29, 1.82) is 0 Å². The second kappa shape index (κ2) is 6.55. The molecule has 1 atom stereocenters. The van der Waals surface area contributed by atoms with Gasteiger partial charge in [-0.25, -0.2) is 4.98 Å². The number of carbonyl (C=O) groups excluding carboxylic acids is 1. The normalized spacial score (nSPS) is 23.0. The predicted octanol–water partition coefficient (Wildman–Crippen LogP) is 4.72. The number of imidazole rings is 1. The van der Waals surface area contributed by atoms with Gasteiger partial charge in [0.1, 0.15) is 16.3 Å². The quantitative estimate of drug-likeness (QED) is 0.669. The van der Waals surface area contributed by atoms with Crippen molar-refractivity contribution in [3.63, 3.8) is 0 Å². The second-order valence-electron chi connectivity index (χ2n) is 8.66. The molecule has 7 heteroatoms. The molecule has 1 unspecified atom stereocenters. The molecule has 0 saturated carbocycles. The first-order chi connectivity index (χ1) is 13.7. The molecule has 1 aliphatic carbocycles. The van der Waals surface area contributed by atoms with Gasteiger partial charge >= 0.3 is 0 Å². The van der Waals surface area contributed by atoms with Crippen LogP contribution in [0.4, 0.5) is 5.95 Å². The van der Waals surface area contributed by atoms with E-state index in [4.69, 9.17) is 14.5 Å². The van der Waals surface area contributed by atoms with Crippen LogP contribution in [0.5, 0.6) is 0 Å². The Bertz CT molecular complexity index is 1020. The maximum absolute atomic E-state index is 12.8. The summed E-state index contributed by atoms with van der Waals surface area (Å²) in [5.74, 6) is 2.38. The van der Waals surface area contributed by atoms with Crippen molar-refractivity contribution >= 4 is 28.5 Å². The zero-order valence-electron chi connectivity index (χ0n) is 18.0. The van der Waals surface area contributed by atoms with Crippen molar-refractivity contribution in [2.24, 2.45) is 5.41 Å². The van der Waals surface area contributed by atoms with Gasteiger partial charge in [0.25, 0.3) is 0 Å². The van der Waals surface area contributed by atoms with Gasteiger partial charge in [0, 0.05) is 17.4 Å². The molecule has 0 saturated heterocycles. The molecule has 6 nitrogen and oxygen atoms in total. The minimum atomic E-state index is -0.444. The molecule has 0 aromatic carbocycles. The fraction of sp³-hybridized carbons (Fsp3) is 0.455. The van der Waals surface area contributed by atoms with Crippen molar-refractivity contribution in [2.45, 2.75) is 51.6 Å². The number of nitrogens with zero attached hydrogens (tertiary/aromatic N) is 3. The minimum Gasteiger partial charge on any atom is -0.496 e. The molecule has 0 bridgehead atoms. The highest BCUT2D eigenvalue weighted by molar-refractivity contribution is 8.13. The fourth-order valence-corrected chi connectivity index (χ4v) is 5.28. The molecular formula is C22H27N3O3S. The molecule has 0 N–H and O–H groups in total. The first kappa shape index (κ1) is 19.9. The number of hydrogen-bond donors (Lipinski definition) is 0. The Kier molecular flexibility index (Phi) is 4.49. The highest BCUT2D eigenvalue weighted by atomic mass is 32.2. The Morgan fingerprint density at radius 3 is 2.59 bits per heavy atom. The molecule has 0 fully saturated rings. The molecule has 154 valence electrons. The Balaban J connectivity index is 1.96. The lowest BCUT2D eigenvalue weighted by Crippen LogP contribution is -2.48. The number of ether oxygens (including phenoxy) is 2. The third-order valence-corrected chi connectivity index (χ3v) is 6.91. The summed E-state index contributed by atoms with van der Waals surface area (Å²) >= 11 is 1.24. The number of fused-ring (bicyclic) bond motifs is 3. The molecule has 29 heavy (non-hydrogen) atoms. The van der Waals surface area contributed by atoms with Crippen molar-refractivity contribution < 1.29 is 14.3 Å². The number of carbonyl (C=O) groups is 1. The first-order valence-electron chi connectivity index (χ1n) is 9.65. The summed E-state index contributed by atoms with van der Waals surface area (Å²) < 4.78 is 13.6. The maximum Gasteiger partial charge on any atom is 0.219 e. The summed E-state index contributed by atoms with van der Waals surface area (Å²) in [6, 6.07) is 0. The van der Waals surface area contributed by atoms with E-state index in [1.165, 1.54) is 17.3 Å². The van der Waals surface area contributed by atoms with E-state index in [9.17, 15) is 4.79 Å². The van der Waals surface area contributed by atoms with Crippen LogP contribution < -0.4 is 4.90 Å². The van der Waals surface area contributed by atoms with E-state index in [0.717, 1.165) is 40.3 Å². The molecule has 0 radical (unpaired) electrons. The number of thioether (sulfide) groups is 1. The van der Waals surface area contributed by atoms with Gasteiger partial charge in [0.2, 0.25) is 5.95 Å². The number of hydrogen-bond acceptors (Lipinski definition) is 6. The Hall–Kier alpha value is -2.41. The lowest BCUT2D eigenvalue weighted by Gasteiger charge is -2.42. The molecule has 4 rings (SSSR count). The minimum absolute atomic E-state index is 0.102. The smallest absolute Gasteiger partial charge is 0.219 e. The van der Waals surface area contributed by atoms with Crippen molar-refractivity contribution in [1.82, 2.24) is 9.55 Å². The van der Waals surface area contributed by atoms with Gasteiger partial charge in [-0.15, -0.1) is 0 Å². The molecule has 1 aromatic rings. The maximum atomic E-state index is 12.8. The van der Waals surface area contributed by atoms with Gasteiger partial charge in [-0.05, 0) is 37.3 Å². The monoisotopic (exact) mass is 413 g/mol. The lowest BCUT2D eigenvalue weighted by molar-refractivity contribution is -0.117.